The average molecular weight is 264 g/mol. The van der Waals surface area contributed by atoms with Crippen LogP contribution in [0.25, 0.3) is 0 Å². The second-order valence-corrected chi connectivity index (χ2v) is 4.94. The maximum absolute atomic E-state index is 11.2. The van der Waals surface area contributed by atoms with Gasteiger partial charge in [0.25, 0.3) is 0 Å². The number of carbonyl (C=O) groups excluding carboxylic acids is 1. The Morgan fingerprint density at radius 3 is 2.68 bits per heavy atom. The van der Waals surface area contributed by atoms with Crippen LogP contribution in [0, 0.1) is 6.92 Å². The first kappa shape index (κ1) is 15.5. The molecule has 3 heteroatoms. The van der Waals surface area contributed by atoms with Gasteiger partial charge in [-0.3, -0.25) is 4.79 Å². The molecule has 0 heterocycles. The lowest BCUT2D eigenvalue weighted by atomic mass is 10.0. The molecule has 106 valence electrons. The molecule has 0 N–H and O–H groups in total. The van der Waals surface area contributed by atoms with Crippen molar-refractivity contribution in [2.75, 3.05) is 13.2 Å². The molecule has 0 spiro atoms. The van der Waals surface area contributed by atoms with Gasteiger partial charge in [-0.15, -0.1) is 0 Å². The van der Waals surface area contributed by atoms with Crippen molar-refractivity contribution in [1.29, 1.82) is 0 Å². The van der Waals surface area contributed by atoms with E-state index in [-0.39, 0.29) is 5.97 Å². The molecule has 0 amide bonds. The van der Waals surface area contributed by atoms with Crippen LogP contribution in [0.15, 0.2) is 18.2 Å². The Hall–Kier alpha value is -1.51. The number of ether oxygens (including phenoxy) is 2. The van der Waals surface area contributed by atoms with Gasteiger partial charge in [0.1, 0.15) is 5.75 Å². The van der Waals surface area contributed by atoms with Crippen LogP contribution in [-0.4, -0.2) is 19.2 Å². The van der Waals surface area contributed by atoms with Gasteiger partial charge in [0.05, 0.1) is 13.2 Å². The lowest BCUT2D eigenvalue weighted by molar-refractivity contribution is -0.143. The van der Waals surface area contributed by atoms with Gasteiger partial charge in [0.2, 0.25) is 0 Å². The van der Waals surface area contributed by atoms with Crippen molar-refractivity contribution in [2.45, 2.75) is 46.5 Å². The molecule has 1 rings (SSSR count). The monoisotopic (exact) mass is 264 g/mol. The Morgan fingerprint density at radius 1 is 1.32 bits per heavy atom. The maximum Gasteiger partial charge on any atom is 0.305 e. The lowest BCUT2D eigenvalue weighted by Crippen LogP contribution is -2.07. The van der Waals surface area contributed by atoms with Gasteiger partial charge in [-0.05, 0) is 43.4 Å². The second kappa shape index (κ2) is 7.82. The molecule has 0 fully saturated rings. The first-order valence-corrected chi connectivity index (χ1v) is 6.93. The third kappa shape index (κ3) is 5.33. The summed E-state index contributed by atoms with van der Waals surface area (Å²) in [5.41, 5.74) is 2.39. The zero-order valence-corrected chi connectivity index (χ0v) is 12.4. The van der Waals surface area contributed by atoms with E-state index in [2.05, 4.69) is 32.0 Å². The van der Waals surface area contributed by atoms with Gasteiger partial charge < -0.3 is 9.47 Å². The SMILES string of the molecule is CCOC(=O)CCCOc1cc(C(C)C)ccc1C. The minimum Gasteiger partial charge on any atom is -0.493 e. The number of hydrogen-bond donors (Lipinski definition) is 0. The normalized spacial score (nSPS) is 10.6. The molecule has 0 saturated carbocycles. The van der Waals surface area contributed by atoms with E-state index in [1.54, 1.807) is 0 Å². The highest BCUT2D eigenvalue weighted by Crippen LogP contribution is 2.24. The summed E-state index contributed by atoms with van der Waals surface area (Å²) in [6.07, 6.45) is 1.10. The second-order valence-electron chi connectivity index (χ2n) is 4.94. The minimum absolute atomic E-state index is 0.154. The summed E-state index contributed by atoms with van der Waals surface area (Å²) in [6, 6.07) is 6.30. The van der Waals surface area contributed by atoms with E-state index in [1.807, 2.05) is 13.8 Å². The van der Waals surface area contributed by atoms with E-state index in [1.165, 1.54) is 5.56 Å². The van der Waals surface area contributed by atoms with Crippen molar-refractivity contribution in [2.24, 2.45) is 0 Å². The molecule has 0 radical (unpaired) electrons. The highest BCUT2D eigenvalue weighted by molar-refractivity contribution is 5.69. The van der Waals surface area contributed by atoms with Crippen LogP contribution in [0.3, 0.4) is 0 Å². The van der Waals surface area contributed by atoms with E-state index >= 15 is 0 Å². The van der Waals surface area contributed by atoms with Crippen LogP contribution < -0.4 is 4.74 Å². The fourth-order valence-corrected chi connectivity index (χ4v) is 1.76. The smallest absolute Gasteiger partial charge is 0.305 e. The van der Waals surface area contributed by atoms with Crippen LogP contribution in [0.1, 0.15) is 50.7 Å². The van der Waals surface area contributed by atoms with E-state index in [9.17, 15) is 4.79 Å². The largest absolute Gasteiger partial charge is 0.493 e. The number of carbonyl (C=O) groups is 1. The number of aryl methyl sites for hydroxylation is 1. The van der Waals surface area contributed by atoms with E-state index in [0.29, 0.717) is 32.0 Å². The standard InChI is InChI=1S/C16H24O3/c1-5-18-16(17)7-6-10-19-15-11-14(12(2)3)9-8-13(15)4/h8-9,11-12H,5-7,10H2,1-4H3. The Balaban J connectivity index is 2.44. The predicted molar refractivity (Wildman–Crippen MR) is 76.6 cm³/mol. The predicted octanol–water partition coefficient (Wildman–Crippen LogP) is 3.84. The van der Waals surface area contributed by atoms with Crippen LogP contribution in [-0.2, 0) is 9.53 Å². The number of benzene rings is 1. The maximum atomic E-state index is 11.2. The van der Waals surface area contributed by atoms with Crippen molar-refractivity contribution in [3.8, 4) is 5.75 Å². The Bertz CT molecular complexity index is 410. The molecule has 0 unspecified atom stereocenters. The van der Waals surface area contributed by atoms with Gasteiger partial charge in [0, 0.05) is 6.42 Å². The van der Waals surface area contributed by atoms with Crippen LogP contribution >= 0.6 is 0 Å². The van der Waals surface area contributed by atoms with Gasteiger partial charge in [-0.2, -0.15) is 0 Å². The van der Waals surface area contributed by atoms with Crippen molar-refractivity contribution < 1.29 is 14.3 Å². The van der Waals surface area contributed by atoms with Crippen molar-refractivity contribution in [3.63, 3.8) is 0 Å². The molecule has 0 aromatic heterocycles. The van der Waals surface area contributed by atoms with Crippen molar-refractivity contribution in [3.05, 3.63) is 29.3 Å². The molecule has 0 aliphatic carbocycles. The summed E-state index contributed by atoms with van der Waals surface area (Å²) in [4.78, 5) is 11.2. The van der Waals surface area contributed by atoms with Crippen LogP contribution in [0.2, 0.25) is 0 Å². The summed E-state index contributed by atoms with van der Waals surface area (Å²) in [5.74, 6) is 1.25. The quantitative estimate of drug-likeness (QED) is 0.554. The summed E-state index contributed by atoms with van der Waals surface area (Å²) in [7, 11) is 0. The van der Waals surface area contributed by atoms with Crippen molar-refractivity contribution in [1.82, 2.24) is 0 Å². The van der Waals surface area contributed by atoms with Gasteiger partial charge in [-0.1, -0.05) is 26.0 Å². The summed E-state index contributed by atoms with van der Waals surface area (Å²) < 4.78 is 10.6. The molecule has 1 aromatic carbocycles. The number of rotatable bonds is 7. The number of esters is 1. The first-order chi connectivity index (χ1) is 9.04. The minimum atomic E-state index is -0.154. The summed E-state index contributed by atoms with van der Waals surface area (Å²) >= 11 is 0. The highest BCUT2D eigenvalue weighted by Gasteiger charge is 2.06. The van der Waals surface area contributed by atoms with Gasteiger partial charge in [0.15, 0.2) is 0 Å². The molecule has 0 aliphatic rings. The summed E-state index contributed by atoms with van der Waals surface area (Å²) in [6.45, 7) is 9.15. The van der Waals surface area contributed by atoms with E-state index < -0.39 is 0 Å². The fourth-order valence-electron chi connectivity index (χ4n) is 1.76. The highest BCUT2D eigenvalue weighted by atomic mass is 16.5. The van der Waals surface area contributed by atoms with Crippen molar-refractivity contribution >= 4 is 5.97 Å². The van der Waals surface area contributed by atoms with Crippen LogP contribution in [0.5, 0.6) is 5.75 Å². The Morgan fingerprint density at radius 2 is 2.05 bits per heavy atom. The molecule has 0 bridgehead atoms. The lowest BCUT2D eigenvalue weighted by Gasteiger charge is -2.12. The van der Waals surface area contributed by atoms with Gasteiger partial charge >= 0.3 is 5.97 Å². The van der Waals surface area contributed by atoms with Crippen LogP contribution in [0.4, 0.5) is 0 Å². The zero-order chi connectivity index (χ0) is 14.3. The molecule has 0 saturated heterocycles. The molecule has 3 nitrogen and oxygen atoms in total. The molecular weight excluding hydrogens is 240 g/mol. The third-order valence-corrected chi connectivity index (χ3v) is 2.97. The molecule has 0 aliphatic heterocycles. The molecule has 19 heavy (non-hydrogen) atoms. The topological polar surface area (TPSA) is 35.5 Å². The molecule has 0 atom stereocenters. The average Bonchev–Trinajstić information content (AvgIpc) is 2.36. The molecule has 1 aromatic rings. The zero-order valence-electron chi connectivity index (χ0n) is 12.4. The Labute approximate surface area is 115 Å². The third-order valence-electron chi connectivity index (χ3n) is 2.97. The number of hydrogen-bond acceptors (Lipinski definition) is 3. The van der Waals surface area contributed by atoms with Gasteiger partial charge in [-0.25, -0.2) is 0 Å². The van der Waals surface area contributed by atoms with E-state index in [4.69, 9.17) is 9.47 Å². The van der Waals surface area contributed by atoms with E-state index in [0.717, 1.165) is 11.3 Å². The molecular formula is C16H24O3. The first-order valence-electron chi connectivity index (χ1n) is 6.93. The Kier molecular flexibility index (Phi) is 6.40. The fraction of sp³-hybridized carbons (Fsp3) is 0.562. The summed E-state index contributed by atoms with van der Waals surface area (Å²) in [5, 5.41) is 0.